The summed E-state index contributed by atoms with van der Waals surface area (Å²) >= 11 is 0. The van der Waals surface area contributed by atoms with Gasteiger partial charge >= 0.3 is 0 Å². The maximum Gasteiger partial charge on any atom is 0.249 e. The Morgan fingerprint density at radius 2 is 2.25 bits per heavy atom. The number of nitrogens with zero attached hydrogens (tertiary/aromatic N) is 5. The van der Waals surface area contributed by atoms with E-state index in [9.17, 15) is 4.79 Å². The van der Waals surface area contributed by atoms with Crippen LogP contribution < -0.4 is 5.32 Å². The third-order valence-corrected chi connectivity index (χ3v) is 3.31. The van der Waals surface area contributed by atoms with Crippen LogP contribution in [0.25, 0.3) is 11.3 Å². The van der Waals surface area contributed by atoms with Crippen molar-refractivity contribution < 1.29 is 4.79 Å². The van der Waals surface area contributed by atoms with Gasteiger partial charge in [0, 0.05) is 30.6 Å². The highest BCUT2D eigenvalue weighted by molar-refractivity contribution is 5.92. The van der Waals surface area contributed by atoms with Gasteiger partial charge in [-0.2, -0.15) is 4.98 Å². The molecule has 0 radical (unpaired) electrons. The van der Waals surface area contributed by atoms with Gasteiger partial charge in [0.1, 0.15) is 0 Å². The molecule has 0 aromatic carbocycles. The third kappa shape index (κ3) is 1.93. The second kappa shape index (κ2) is 4.16. The van der Waals surface area contributed by atoms with Crippen LogP contribution in [0.3, 0.4) is 0 Å². The lowest BCUT2D eigenvalue weighted by molar-refractivity contribution is -0.117. The number of nitrogens with one attached hydrogen (secondary N) is 1. The van der Waals surface area contributed by atoms with Crippen LogP contribution in [0, 0.1) is 5.92 Å². The van der Waals surface area contributed by atoms with Crippen molar-refractivity contribution in [1.29, 1.82) is 0 Å². The Balaban J connectivity index is 1.66. The first-order valence-electron chi connectivity index (χ1n) is 6.45. The Bertz CT molecular complexity index is 771. The summed E-state index contributed by atoms with van der Waals surface area (Å²) in [7, 11) is 0. The molecule has 1 fully saturated rings. The molecule has 7 heteroatoms. The van der Waals surface area contributed by atoms with Crippen LogP contribution in [0.4, 0.5) is 5.95 Å². The second-order valence-corrected chi connectivity index (χ2v) is 4.86. The molecule has 1 aliphatic rings. The number of aromatic nitrogens is 5. The molecule has 1 N–H and O–H groups in total. The quantitative estimate of drug-likeness (QED) is 0.776. The SMILES string of the molecule is O=C(Nc1nc2cc(-n3ccnc3)ccn2n1)C1CC1. The van der Waals surface area contributed by atoms with Crippen molar-refractivity contribution >= 4 is 17.5 Å². The number of carbonyl (C=O) groups excluding carboxylic acids is 1. The van der Waals surface area contributed by atoms with Crippen molar-refractivity contribution in [3.05, 3.63) is 37.1 Å². The topological polar surface area (TPSA) is 77.1 Å². The molecule has 0 aliphatic heterocycles. The number of amides is 1. The van der Waals surface area contributed by atoms with Gasteiger partial charge in [-0.3, -0.25) is 10.1 Å². The highest BCUT2D eigenvalue weighted by atomic mass is 16.2. The summed E-state index contributed by atoms with van der Waals surface area (Å²) in [5.41, 5.74) is 1.63. The van der Waals surface area contributed by atoms with Gasteiger partial charge in [0.2, 0.25) is 11.9 Å². The first-order valence-corrected chi connectivity index (χ1v) is 6.45. The van der Waals surface area contributed by atoms with Gasteiger partial charge in [-0.25, -0.2) is 9.50 Å². The van der Waals surface area contributed by atoms with Gasteiger partial charge in [-0.05, 0) is 18.9 Å². The number of imidazole rings is 1. The van der Waals surface area contributed by atoms with E-state index in [-0.39, 0.29) is 11.8 Å². The van der Waals surface area contributed by atoms with Crippen LogP contribution in [0.2, 0.25) is 0 Å². The van der Waals surface area contributed by atoms with E-state index in [1.54, 1.807) is 17.0 Å². The van der Waals surface area contributed by atoms with E-state index >= 15 is 0 Å². The maximum atomic E-state index is 11.7. The number of carbonyl (C=O) groups is 1. The molecule has 1 saturated carbocycles. The molecule has 3 aromatic heterocycles. The molecule has 0 bridgehead atoms. The Morgan fingerprint density at radius 1 is 1.35 bits per heavy atom. The van der Waals surface area contributed by atoms with Crippen molar-refractivity contribution in [2.24, 2.45) is 5.92 Å². The largest absolute Gasteiger partial charge is 0.306 e. The molecule has 0 unspecified atom stereocenters. The summed E-state index contributed by atoms with van der Waals surface area (Å²) in [5.74, 6) is 0.503. The average Bonchev–Trinajstić information content (AvgIpc) is 3.00. The summed E-state index contributed by atoms with van der Waals surface area (Å²) in [4.78, 5) is 20.0. The molecule has 0 atom stereocenters. The maximum absolute atomic E-state index is 11.7. The van der Waals surface area contributed by atoms with Crippen LogP contribution in [0.15, 0.2) is 37.1 Å². The molecule has 1 aliphatic carbocycles. The van der Waals surface area contributed by atoms with E-state index in [2.05, 4.69) is 20.4 Å². The smallest absolute Gasteiger partial charge is 0.249 e. The van der Waals surface area contributed by atoms with E-state index in [4.69, 9.17) is 0 Å². The molecule has 3 aromatic rings. The zero-order valence-electron chi connectivity index (χ0n) is 10.6. The fraction of sp³-hybridized carbons (Fsp3) is 0.231. The third-order valence-electron chi connectivity index (χ3n) is 3.31. The highest BCUT2D eigenvalue weighted by Crippen LogP contribution is 2.29. The van der Waals surface area contributed by atoms with Crippen molar-refractivity contribution in [2.45, 2.75) is 12.8 Å². The summed E-state index contributed by atoms with van der Waals surface area (Å²) in [6.07, 6.45) is 9.03. The molecule has 20 heavy (non-hydrogen) atoms. The minimum atomic E-state index is 0.00994. The summed E-state index contributed by atoms with van der Waals surface area (Å²) < 4.78 is 3.53. The van der Waals surface area contributed by atoms with Crippen molar-refractivity contribution in [2.75, 3.05) is 5.32 Å². The average molecular weight is 268 g/mol. The lowest BCUT2D eigenvalue weighted by Gasteiger charge is -2.00. The van der Waals surface area contributed by atoms with Crippen molar-refractivity contribution in [3.8, 4) is 5.69 Å². The Kier molecular flexibility index (Phi) is 2.32. The number of hydrogen-bond acceptors (Lipinski definition) is 4. The monoisotopic (exact) mass is 268 g/mol. The lowest BCUT2D eigenvalue weighted by Crippen LogP contribution is -2.14. The van der Waals surface area contributed by atoms with Crippen LogP contribution >= 0.6 is 0 Å². The molecule has 7 nitrogen and oxygen atoms in total. The summed E-state index contributed by atoms with van der Waals surface area (Å²) in [6, 6.07) is 3.80. The van der Waals surface area contributed by atoms with E-state index < -0.39 is 0 Å². The van der Waals surface area contributed by atoms with Gasteiger partial charge in [-0.15, -0.1) is 5.10 Å². The van der Waals surface area contributed by atoms with E-state index in [1.807, 2.05) is 29.1 Å². The van der Waals surface area contributed by atoms with E-state index in [1.165, 1.54) is 0 Å². The van der Waals surface area contributed by atoms with Gasteiger partial charge < -0.3 is 4.57 Å². The molecular weight excluding hydrogens is 256 g/mol. The predicted octanol–water partition coefficient (Wildman–Crippen LogP) is 1.26. The van der Waals surface area contributed by atoms with Crippen LogP contribution in [-0.4, -0.2) is 30.1 Å². The van der Waals surface area contributed by atoms with Gasteiger partial charge in [0.05, 0.1) is 12.0 Å². The highest BCUT2D eigenvalue weighted by Gasteiger charge is 2.30. The molecule has 0 spiro atoms. The Hall–Kier alpha value is -2.70. The van der Waals surface area contributed by atoms with Gasteiger partial charge in [0.25, 0.3) is 0 Å². The normalized spacial score (nSPS) is 14.6. The second-order valence-electron chi connectivity index (χ2n) is 4.86. The summed E-state index contributed by atoms with van der Waals surface area (Å²) in [5, 5.41) is 6.98. The van der Waals surface area contributed by atoms with E-state index in [0.29, 0.717) is 11.6 Å². The van der Waals surface area contributed by atoms with Crippen molar-refractivity contribution in [1.82, 2.24) is 24.1 Å². The number of fused-ring (bicyclic) bond motifs is 1. The summed E-state index contributed by atoms with van der Waals surface area (Å²) in [6.45, 7) is 0. The number of rotatable bonds is 3. The lowest BCUT2D eigenvalue weighted by atomic mass is 10.4. The Labute approximate surface area is 114 Å². The zero-order chi connectivity index (χ0) is 13.5. The molecule has 4 rings (SSSR count). The van der Waals surface area contributed by atoms with Gasteiger partial charge in [0.15, 0.2) is 5.65 Å². The first-order chi connectivity index (χ1) is 9.79. The Morgan fingerprint density at radius 3 is 3.00 bits per heavy atom. The number of hydrogen-bond donors (Lipinski definition) is 1. The van der Waals surface area contributed by atoms with Crippen molar-refractivity contribution in [3.63, 3.8) is 0 Å². The van der Waals surface area contributed by atoms with Crippen LogP contribution in [0.5, 0.6) is 0 Å². The number of anilines is 1. The van der Waals surface area contributed by atoms with Crippen LogP contribution in [0.1, 0.15) is 12.8 Å². The van der Waals surface area contributed by atoms with Gasteiger partial charge in [-0.1, -0.05) is 0 Å². The standard InChI is InChI=1S/C13H12N6O/c20-12(9-1-2-9)16-13-15-11-7-10(3-5-19(11)17-13)18-6-4-14-8-18/h3-9H,1-2H2,(H,16,17,20). The molecule has 3 heterocycles. The minimum absolute atomic E-state index is 0.00994. The zero-order valence-corrected chi connectivity index (χ0v) is 10.6. The molecule has 100 valence electrons. The first kappa shape index (κ1) is 11.2. The van der Waals surface area contributed by atoms with E-state index in [0.717, 1.165) is 18.5 Å². The predicted molar refractivity (Wildman–Crippen MR) is 71.5 cm³/mol. The van der Waals surface area contributed by atoms with Crippen LogP contribution in [-0.2, 0) is 4.79 Å². The molecular formula is C13H12N6O. The molecule has 0 saturated heterocycles. The fourth-order valence-corrected chi connectivity index (χ4v) is 2.05. The molecule has 1 amide bonds. The minimum Gasteiger partial charge on any atom is -0.306 e. The number of pyridine rings is 1. The fourth-order valence-electron chi connectivity index (χ4n) is 2.05.